The molecule has 3 aromatic rings. The summed E-state index contributed by atoms with van der Waals surface area (Å²) in [6, 6.07) is 9.34. The summed E-state index contributed by atoms with van der Waals surface area (Å²) in [7, 11) is 1.46. The molecule has 0 radical (unpaired) electrons. The lowest BCUT2D eigenvalue weighted by molar-refractivity contribution is 0.0864. The van der Waals surface area contributed by atoms with Gasteiger partial charge in [-0.3, -0.25) is 25.0 Å². The van der Waals surface area contributed by atoms with Crippen LogP contribution in [-0.2, 0) is 6.54 Å². The van der Waals surface area contributed by atoms with Crippen molar-refractivity contribution in [1.82, 2.24) is 19.8 Å². The van der Waals surface area contributed by atoms with Gasteiger partial charge in [0.1, 0.15) is 11.4 Å². The Balaban J connectivity index is 1.58. The van der Waals surface area contributed by atoms with Crippen molar-refractivity contribution in [3.8, 4) is 11.5 Å². The first-order valence-corrected chi connectivity index (χ1v) is 9.59. The molecular weight excluding hydrogens is 368 g/mol. The van der Waals surface area contributed by atoms with E-state index >= 15 is 0 Å². The van der Waals surface area contributed by atoms with E-state index in [9.17, 15) is 4.79 Å². The highest BCUT2D eigenvalue weighted by atomic mass is 16.5. The zero-order valence-corrected chi connectivity index (χ0v) is 16.3. The largest absolute Gasteiger partial charge is 0.454 e. The number of hydrogen-bond donors (Lipinski definition) is 3. The molecule has 0 spiro atoms. The minimum absolute atomic E-state index is 0.314. The Labute approximate surface area is 168 Å². The Morgan fingerprint density at radius 1 is 1.31 bits per heavy atom. The molecule has 0 bridgehead atoms. The number of H-pyrrole nitrogens is 1. The number of para-hydroxylation sites is 1. The van der Waals surface area contributed by atoms with Crippen LogP contribution < -0.4 is 10.5 Å². The zero-order valence-electron chi connectivity index (χ0n) is 16.3. The molecule has 8 heteroatoms. The highest BCUT2D eigenvalue weighted by molar-refractivity contribution is 6.06. The predicted molar refractivity (Wildman–Crippen MR) is 111 cm³/mol. The van der Waals surface area contributed by atoms with Crippen molar-refractivity contribution < 1.29 is 9.53 Å². The average Bonchev–Trinajstić information content (AvgIpc) is 3.37. The molecule has 29 heavy (non-hydrogen) atoms. The van der Waals surface area contributed by atoms with Crippen molar-refractivity contribution in [2.24, 2.45) is 5.73 Å². The highest BCUT2D eigenvalue weighted by Crippen LogP contribution is 2.30. The van der Waals surface area contributed by atoms with Crippen molar-refractivity contribution in [1.29, 1.82) is 5.41 Å². The first kappa shape index (κ1) is 18.9. The normalized spacial score (nSPS) is 14.2. The summed E-state index contributed by atoms with van der Waals surface area (Å²) in [4.78, 5) is 23.4. The topological polar surface area (TPSA) is 111 Å². The Kier molecular flexibility index (Phi) is 5.18. The minimum atomic E-state index is -0.381. The molecule has 0 saturated carbocycles. The number of guanidine groups is 1. The third-order valence-electron chi connectivity index (χ3n) is 5.12. The van der Waals surface area contributed by atoms with Crippen LogP contribution >= 0.6 is 0 Å². The van der Waals surface area contributed by atoms with Crippen LogP contribution in [0, 0.1) is 5.41 Å². The van der Waals surface area contributed by atoms with E-state index in [0.29, 0.717) is 22.7 Å². The van der Waals surface area contributed by atoms with Crippen molar-refractivity contribution in [2.45, 2.75) is 19.4 Å². The van der Waals surface area contributed by atoms with Crippen LogP contribution in [0.1, 0.15) is 28.9 Å². The quantitative estimate of drug-likeness (QED) is 0.457. The van der Waals surface area contributed by atoms with Crippen LogP contribution in [-0.4, -0.2) is 51.8 Å². The summed E-state index contributed by atoms with van der Waals surface area (Å²) in [5.74, 6) is 0.560. The third-order valence-corrected chi connectivity index (χ3v) is 5.12. The first-order chi connectivity index (χ1) is 14.0. The van der Waals surface area contributed by atoms with Crippen molar-refractivity contribution in [3.05, 3.63) is 54.0 Å². The van der Waals surface area contributed by atoms with Gasteiger partial charge in [0.25, 0.3) is 5.91 Å². The number of aromatic nitrogens is 2. The molecule has 0 aliphatic carbocycles. The summed E-state index contributed by atoms with van der Waals surface area (Å²) >= 11 is 0. The number of hydrogen-bond acceptors (Lipinski definition) is 5. The highest BCUT2D eigenvalue weighted by Gasteiger charge is 2.18. The maximum absolute atomic E-state index is 12.5. The predicted octanol–water partition coefficient (Wildman–Crippen LogP) is 2.92. The van der Waals surface area contributed by atoms with Crippen LogP contribution in [0.25, 0.3) is 10.9 Å². The van der Waals surface area contributed by atoms with E-state index in [4.69, 9.17) is 15.9 Å². The fourth-order valence-electron chi connectivity index (χ4n) is 3.55. The third kappa shape index (κ3) is 4.07. The van der Waals surface area contributed by atoms with Gasteiger partial charge in [0, 0.05) is 25.2 Å². The molecule has 0 unspecified atom stereocenters. The van der Waals surface area contributed by atoms with E-state index in [-0.39, 0.29) is 11.9 Å². The van der Waals surface area contributed by atoms with Gasteiger partial charge in [-0.25, -0.2) is 0 Å². The fraction of sp³-hybridized carbons (Fsp3) is 0.286. The number of aromatic amines is 1. The fourth-order valence-corrected chi connectivity index (χ4v) is 3.55. The summed E-state index contributed by atoms with van der Waals surface area (Å²) in [6.07, 6.45) is 6.05. The number of rotatable bonds is 5. The number of pyridine rings is 1. The number of nitrogens with two attached hydrogens (primary N) is 1. The molecule has 8 nitrogen and oxygen atoms in total. The molecule has 1 fully saturated rings. The van der Waals surface area contributed by atoms with E-state index in [0.717, 1.165) is 35.5 Å². The van der Waals surface area contributed by atoms with Gasteiger partial charge in [0.2, 0.25) is 0 Å². The van der Waals surface area contributed by atoms with Gasteiger partial charge in [-0.05, 0) is 49.7 Å². The average molecular weight is 392 g/mol. The summed E-state index contributed by atoms with van der Waals surface area (Å²) in [6.45, 7) is 3.11. The number of carbonyl (C=O) groups is 1. The van der Waals surface area contributed by atoms with Crippen LogP contribution in [0.5, 0.6) is 11.5 Å². The van der Waals surface area contributed by atoms with Crippen LogP contribution in [0.4, 0.5) is 0 Å². The minimum Gasteiger partial charge on any atom is -0.454 e. The zero-order chi connectivity index (χ0) is 20.4. The Morgan fingerprint density at radius 3 is 2.86 bits per heavy atom. The van der Waals surface area contributed by atoms with Gasteiger partial charge in [-0.1, -0.05) is 12.1 Å². The van der Waals surface area contributed by atoms with Gasteiger partial charge >= 0.3 is 0 Å². The number of likely N-dealkylation sites (tertiary alicyclic amines) is 1. The van der Waals surface area contributed by atoms with Crippen molar-refractivity contribution in [3.63, 3.8) is 0 Å². The monoisotopic (exact) mass is 392 g/mol. The molecule has 1 saturated heterocycles. The molecule has 3 heterocycles. The van der Waals surface area contributed by atoms with Gasteiger partial charge in [0.05, 0.1) is 11.7 Å². The Bertz CT molecular complexity index is 1050. The van der Waals surface area contributed by atoms with Crippen LogP contribution in [0.3, 0.4) is 0 Å². The smallest absolute Gasteiger partial charge is 0.276 e. The number of fused-ring (bicyclic) bond motifs is 1. The molecule has 1 aliphatic rings. The lowest BCUT2D eigenvalue weighted by Crippen LogP contribution is -2.38. The lowest BCUT2D eigenvalue weighted by atomic mass is 10.2. The molecule has 150 valence electrons. The summed E-state index contributed by atoms with van der Waals surface area (Å²) in [5, 5.41) is 8.28. The molecule has 4 rings (SSSR count). The van der Waals surface area contributed by atoms with Gasteiger partial charge in [-0.15, -0.1) is 0 Å². The second-order valence-corrected chi connectivity index (χ2v) is 7.27. The van der Waals surface area contributed by atoms with E-state index in [1.807, 2.05) is 30.5 Å². The van der Waals surface area contributed by atoms with Gasteiger partial charge in [0.15, 0.2) is 11.7 Å². The van der Waals surface area contributed by atoms with E-state index < -0.39 is 0 Å². The second kappa shape index (κ2) is 7.92. The number of amides is 1. The number of ether oxygens (including phenoxy) is 1. The van der Waals surface area contributed by atoms with E-state index in [1.54, 1.807) is 12.3 Å². The summed E-state index contributed by atoms with van der Waals surface area (Å²) < 4.78 is 6.09. The number of nitrogens with zero attached hydrogens (tertiary/aromatic N) is 3. The number of carbonyl (C=O) groups excluding carboxylic acids is 1. The molecule has 1 aliphatic heterocycles. The maximum Gasteiger partial charge on any atom is 0.276 e. The summed E-state index contributed by atoms with van der Waals surface area (Å²) in [5.41, 5.74) is 7.57. The Morgan fingerprint density at radius 2 is 2.10 bits per heavy atom. The SMILES string of the molecule is CN(C(=N)N)C(=O)c1cc2cccc(Oc3cncc(CN4CCCC4)c3)c2[nH]1. The number of benzene rings is 1. The van der Waals surface area contributed by atoms with Crippen LogP contribution in [0.15, 0.2) is 42.7 Å². The maximum atomic E-state index is 12.5. The van der Waals surface area contributed by atoms with Crippen molar-refractivity contribution in [2.75, 3.05) is 20.1 Å². The van der Waals surface area contributed by atoms with Gasteiger partial charge in [-0.2, -0.15) is 0 Å². The molecule has 1 amide bonds. The second-order valence-electron chi connectivity index (χ2n) is 7.27. The van der Waals surface area contributed by atoms with E-state index in [1.165, 1.54) is 19.9 Å². The van der Waals surface area contributed by atoms with Crippen molar-refractivity contribution >= 4 is 22.8 Å². The molecule has 4 N–H and O–H groups in total. The Hall–Kier alpha value is -3.39. The number of nitrogens with one attached hydrogen (secondary N) is 2. The first-order valence-electron chi connectivity index (χ1n) is 9.59. The van der Waals surface area contributed by atoms with Crippen LogP contribution in [0.2, 0.25) is 0 Å². The van der Waals surface area contributed by atoms with E-state index in [2.05, 4.69) is 14.9 Å². The molecule has 1 aromatic carbocycles. The molecule has 0 atom stereocenters. The standard InChI is InChI=1S/C21H24N6O2/c1-26(21(22)23)20(28)17-10-15-5-4-6-18(19(15)25-17)29-16-9-14(11-24-12-16)13-27-7-2-3-8-27/h4-6,9-12,25H,2-3,7-8,13H2,1H3,(H3,22,23). The van der Waals surface area contributed by atoms with Gasteiger partial charge < -0.3 is 15.5 Å². The lowest BCUT2D eigenvalue weighted by Gasteiger charge is -2.15. The molecule has 2 aromatic heterocycles. The molecular formula is C21H24N6O2.